The maximum absolute atomic E-state index is 3.11. The van der Waals surface area contributed by atoms with Crippen LogP contribution in [0.2, 0.25) is 0 Å². The molecule has 0 saturated carbocycles. The highest BCUT2D eigenvalue weighted by molar-refractivity contribution is 5.97. The third-order valence-corrected chi connectivity index (χ3v) is 2.22. The molecule has 3 rings (SSSR count). The van der Waals surface area contributed by atoms with Gasteiger partial charge in [0.1, 0.15) is 0 Å². The topological polar surface area (TPSA) is 15.8 Å². The van der Waals surface area contributed by atoms with Crippen LogP contribution in [0.15, 0.2) is 18.3 Å². The minimum absolute atomic E-state index is 1.13. The average Bonchev–Trinajstić information content (AvgIpc) is 2.60. The van der Waals surface area contributed by atoms with Crippen LogP contribution in [0.1, 0.15) is 17.5 Å². The van der Waals surface area contributed by atoms with Crippen LogP contribution < -0.4 is 0 Å². The summed E-state index contributed by atoms with van der Waals surface area (Å²) in [6.07, 6.45) is 10.7. The van der Waals surface area contributed by atoms with Crippen LogP contribution in [0.4, 0.5) is 0 Å². The summed E-state index contributed by atoms with van der Waals surface area (Å²) in [5, 5.41) is 0. The first-order chi connectivity index (χ1) is 4.95. The van der Waals surface area contributed by atoms with Crippen molar-refractivity contribution in [2.75, 3.05) is 0 Å². The summed E-state index contributed by atoms with van der Waals surface area (Å²) >= 11 is 0. The molecular formula is C9H6N. The Bertz CT molecular complexity index is 320. The van der Waals surface area contributed by atoms with Crippen molar-refractivity contribution >= 4 is 11.1 Å². The third kappa shape index (κ3) is 0.338. The zero-order valence-corrected chi connectivity index (χ0v) is 5.44. The van der Waals surface area contributed by atoms with E-state index in [0.717, 1.165) is 6.42 Å². The van der Waals surface area contributed by atoms with Gasteiger partial charge in [-0.05, 0) is 17.6 Å². The van der Waals surface area contributed by atoms with E-state index >= 15 is 0 Å². The predicted octanol–water partition coefficient (Wildman–Crippen LogP) is 2.00. The zero-order valence-electron chi connectivity index (χ0n) is 5.44. The molecule has 10 heavy (non-hydrogen) atoms. The SMILES string of the molecule is [c]1[nH]cc2c1C1=CC=C2C1. The first-order valence-electron chi connectivity index (χ1n) is 3.45. The molecule has 1 aromatic rings. The number of nitrogens with one attached hydrogen (secondary N) is 1. The molecule has 0 unspecified atom stereocenters. The van der Waals surface area contributed by atoms with Crippen LogP contribution in [0.5, 0.6) is 0 Å². The lowest BCUT2D eigenvalue weighted by Crippen LogP contribution is -1.73. The van der Waals surface area contributed by atoms with Crippen molar-refractivity contribution in [2.45, 2.75) is 6.42 Å². The highest BCUT2D eigenvalue weighted by atomic mass is 14.7. The molecule has 1 radical (unpaired) electrons. The monoisotopic (exact) mass is 128 g/mol. The van der Waals surface area contributed by atoms with Gasteiger partial charge in [-0.2, -0.15) is 0 Å². The van der Waals surface area contributed by atoms with Crippen LogP contribution in [-0.2, 0) is 0 Å². The second-order valence-electron chi connectivity index (χ2n) is 2.76. The van der Waals surface area contributed by atoms with Gasteiger partial charge in [0, 0.05) is 17.3 Å². The van der Waals surface area contributed by atoms with Gasteiger partial charge in [0.15, 0.2) is 0 Å². The first kappa shape index (κ1) is 4.56. The van der Waals surface area contributed by atoms with E-state index in [9.17, 15) is 0 Å². The van der Waals surface area contributed by atoms with Crippen molar-refractivity contribution in [3.05, 3.63) is 35.7 Å². The third-order valence-electron chi connectivity index (χ3n) is 2.22. The van der Waals surface area contributed by atoms with Gasteiger partial charge in [-0.15, -0.1) is 0 Å². The van der Waals surface area contributed by atoms with Crippen molar-refractivity contribution < 1.29 is 0 Å². The summed E-state index contributed by atoms with van der Waals surface area (Å²) in [4.78, 5) is 2.99. The number of rotatable bonds is 0. The van der Waals surface area contributed by atoms with E-state index < -0.39 is 0 Å². The molecule has 0 spiro atoms. The molecule has 2 aliphatic rings. The van der Waals surface area contributed by atoms with Gasteiger partial charge in [-0.25, -0.2) is 0 Å². The van der Waals surface area contributed by atoms with E-state index in [2.05, 4.69) is 23.3 Å². The second kappa shape index (κ2) is 1.26. The quantitative estimate of drug-likeness (QED) is 0.550. The van der Waals surface area contributed by atoms with Crippen LogP contribution in [0, 0.1) is 6.20 Å². The molecule has 1 heterocycles. The normalized spacial score (nSPS) is 18.8. The van der Waals surface area contributed by atoms with Crippen molar-refractivity contribution in [1.29, 1.82) is 0 Å². The summed E-state index contributed by atoms with van der Waals surface area (Å²) in [7, 11) is 0. The Morgan fingerprint density at radius 3 is 3.10 bits per heavy atom. The van der Waals surface area contributed by atoms with Gasteiger partial charge in [0.25, 0.3) is 0 Å². The first-order valence-corrected chi connectivity index (χ1v) is 3.45. The zero-order chi connectivity index (χ0) is 6.55. The van der Waals surface area contributed by atoms with E-state index in [1.807, 2.05) is 6.20 Å². The van der Waals surface area contributed by atoms with Crippen LogP contribution in [0.25, 0.3) is 11.1 Å². The molecule has 2 bridgehead atoms. The predicted molar refractivity (Wildman–Crippen MR) is 40.2 cm³/mol. The Morgan fingerprint density at radius 1 is 1.30 bits per heavy atom. The molecule has 0 aromatic carbocycles. The summed E-state index contributed by atoms with van der Waals surface area (Å²) in [5.74, 6) is 0. The molecule has 0 aliphatic heterocycles. The molecule has 1 aromatic heterocycles. The number of hydrogen-bond donors (Lipinski definition) is 1. The molecular weight excluding hydrogens is 122 g/mol. The van der Waals surface area contributed by atoms with Crippen molar-refractivity contribution in [3.63, 3.8) is 0 Å². The van der Waals surface area contributed by atoms with Gasteiger partial charge >= 0.3 is 0 Å². The lowest BCUT2D eigenvalue weighted by Gasteiger charge is -1.92. The molecule has 0 fully saturated rings. The van der Waals surface area contributed by atoms with Gasteiger partial charge in [-0.3, -0.25) is 0 Å². The second-order valence-corrected chi connectivity index (χ2v) is 2.76. The van der Waals surface area contributed by atoms with Crippen molar-refractivity contribution in [3.8, 4) is 0 Å². The Morgan fingerprint density at radius 2 is 2.20 bits per heavy atom. The van der Waals surface area contributed by atoms with Crippen LogP contribution in [0.3, 0.4) is 0 Å². The van der Waals surface area contributed by atoms with E-state index in [1.54, 1.807) is 0 Å². The Balaban J connectivity index is 2.46. The van der Waals surface area contributed by atoms with E-state index in [-0.39, 0.29) is 0 Å². The highest BCUT2D eigenvalue weighted by Gasteiger charge is 2.24. The lowest BCUT2D eigenvalue weighted by molar-refractivity contribution is 1.37. The fourth-order valence-corrected chi connectivity index (χ4v) is 1.71. The summed E-state index contributed by atoms with van der Waals surface area (Å²) in [6, 6.07) is 0. The summed E-state index contributed by atoms with van der Waals surface area (Å²) in [5.41, 5.74) is 5.52. The largest absolute Gasteiger partial charge is 0.359 e. The number of aromatic nitrogens is 1. The summed E-state index contributed by atoms with van der Waals surface area (Å²) < 4.78 is 0. The number of aromatic amines is 1. The van der Waals surface area contributed by atoms with Gasteiger partial charge < -0.3 is 4.98 Å². The van der Waals surface area contributed by atoms with Gasteiger partial charge in [0.2, 0.25) is 0 Å². The standard InChI is InChI=1S/C9H6N/c1-2-7-3-6(1)8-4-10-5-9(7)8/h1-2,4,10H,3H2. The molecule has 1 N–H and O–H groups in total. The van der Waals surface area contributed by atoms with E-state index in [4.69, 9.17) is 0 Å². The van der Waals surface area contributed by atoms with Crippen molar-refractivity contribution in [2.24, 2.45) is 0 Å². The summed E-state index contributed by atoms with van der Waals surface area (Å²) in [6.45, 7) is 0. The average molecular weight is 128 g/mol. The fraction of sp³-hybridized carbons (Fsp3) is 0.111. The lowest BCUT2D eigenvalue weighted by atomic mass is 10.1. The highest BCUT2D eigenvalue weighted by Crippen LogP contribution is 2.44. The minimum Gasteiger partial charge on any atom is -0.359 e. The Hall–Kier alpha value is -1.24. The number of H-pyrrole nitrogens is 1. The maximum Gasteiger partial charge on any atom is 0.0708 e. The van der Waals surface area contributed by atoms with Crippen molar-refractivity contribution in [1.82, 2.24) is 4.98 Å². The minimum atomic E-state index is 1.13. The van der Waals surface area contributed by atoms with Gasteiger partial charge in [0.05, 0.1) is 6.20 Å². The van der Waals surface area contributed by atoms with Gasteiger partial charge in [-0.1, -0.05) is 12.2 Å². The fourth-order valence-electron chi connectivity index (χ4n) is 1.71. The maximum atomic E-state index is 3.11. The van der Waals surface area contributed by atoms with Crippen LogP contribution >= 0.6 is 0 Å². The van der Waals surface area contributed by atoms with E-state index in [0.29, 0.717) is 0 Å². The molecule has 0 amide bonds. The van der Waals surface area contributed by atoms with E-state index in [1.165, 1.54) is 22.3 Å². The number of hydrogen-bond acceptors (Lipinski definition) is 0. The Labute approximate surface area is 59.1 Å². The number of fused-ring (bicyclic) bond motifs is 5. The number of allylic oxidation sites excluding steroid dienone is 4. The molecule has 47 valence electrons. The molecule has 0 saturated heterocycles. The Kier molecular flexibility index (Phi) is 0.575. The molecule has 2 aliphatic carbocycles. The smallest absolute Gasteiger partial charge is 0.0708 e. The molecule has 1 nitrogen and oxygen atoms in total. The molecule has 0 atom stereocenters. The molecule has 1 heteroatoms. The van der Waals surface area contributed by atoms with Crippen LogP contribution in [-0.4, -0.2) is 4.98 Å².